The van der Waals surface area contributed by atoms with Gasteiger partial charge in [-0.3, -0.25) is 14.9 Å². The molecule has 0 N–H and O–H groups in total. The number of carbonyl (C=O) groups is 1. The number of amides is 1. The van der Waals surface area contributed by atoms with Crippen molar-refractivity contribution in [3.63, 3.8) is 0 Å². The number of likely N-dealkylation sites (N-methyl/N-ethyl adjacent to an activating group) is 1. The first-order valence-electron chi connectivity index (χ1n) is 6.51. The van der Waals surface area contributed by atoms with Crippen molar-refractivity contribution in [2.24, 2.45) is 0 Å². The van der Waals surface area contributed by atoms with E-state index >= 15 is 0 Å². The normalized spacial score (nSPS) is 11.9. The standard InChI is InChI=1S/C15H16N2O4/c1-11(14-4-3-9-21-14)16(2)15(18)10-12-5-7-13(8-6-12)17(19)20/h3-9,11H,10H2,1-2H3. The maximum absolute atomic E-state index is 12.2. The van der Waals surface area contributed by atoms with Crippen molar-refractivity contribution in [1.82, 2.24) is 4.90 Å². The number of hydrogen-bond acceptors (Lipinski definition) is 4. The molecule has 1 amide bonds. The van der Waals surface area contributed by atoms with E-state index in [1.165, 1.54) is 12.1 Å². The van der Waals surface area contributed by atoms with E-state index in [1.54, 1.807) is 36.4 Å². The molecule has 0 saturated carbocycles. The summed E-state index contributed by atoms with van der Waals surface area (Å²) in [5.41, 5.74) is 0.757. The Morgan fingerprint density at radius 1 is 1.33 bits per heavy atom. The molecule has 1 aromatic heterocycles. The molecule has 0 bridgehead atoms. The zero-order valence-corrected chi connectivity index (χ0v) is 11.9. The molecule has 6 heteroatoms. The zero-order valence-electron chi connectivity index (χ0n) is 11.9. The average molecular weight is 288 g/mol. The van der Waals surface area contributed by atoms with Crippen LogP contribution in [0.1, 0.15) is 24.3 Å². The van der Waals surface area contributed by atoms with Crippen molar-refractivity contribution in [2.45, 2.75) is 19.4 Å². The number of nitrogens with zero attached hydrogens (tertiary/aromatic N) is 2. The summed E-state index contributed by atoms with van der Waals surface area (Å²) in [6, 6.07) is 9.44. The Kier molecular flexibility index (Phi) is 4.37. The third-order valence-electron chi connectivity index (χ3n) is 3.43. The Morgan fingerprint density at radius 3 is 2.52 bits per heavy atom. The van der Waals surface area contributed by atoms with Crippen LogP contribution < -0.4 is 0 Å². The second kappa shape index (κ2) is 6.21. The van der Waals surface area contributed by atoms with Gasteiger partial charge in [0.15, 0.2) is 0 Å². The van der Waals surface area contributed by atoms with Crippen LogP contribution in [-0.2, 0) is 11.2 Å². The lowest BCUT2D eigenvalue weighted by atomic mass is 10.1. The van der Waals surface area contributed by atoms with Gasteiger partial charge in [0.1, 0.15) is 5.76 Å². The molecule has 6 nitrogen and oxygen atoms in total. The minimum Gasteiger partial charge on any atom is -0.467 e. The quantitative estimate of drug-likeness (QED) is 0.626. The third-order valence-corrected chi connectivity index (χ3v) is 3.43. The van der Waals surface area contributed by atoms with Crippen LogP contribution in [0.3, 0.4) is 0 Å². The molecule has 21 heavy (non-hydrogen) atoms. The summed E-state index contributed by atoms with van der Waals surface area (Å²) in [6.07, 6.45) is 1.76. The van der Waals surface area contributed by atoms with Gasteiger partial charge in [-0.15, -0.1) is 0 Å². The van der Waals surface area contributed by atoms with Crippen LogP contribution in [-0.4, -0.2) is 22.8 Å². The summed E-state index contributed by atoms with van der Waals surface area (Å²) in [5.74, 6) is 0.641. The number of hydrogen-bond donors (Lipinski definition) is 0. The number of furan rings is 1. The first-order valence-corrected chi connectivity index (χ1v) is 6.51. The molecule has 0 fully saturated rings. The number of benzene rings is 1. The van der Waals surface area contributed by atoms with E-state index in [9.17, 15) is 14.9 Å². The third kappa shape index (κ3) is 3.47. The summed E-state index contributed by atoms with van der Waals surface area (Å²) in [7, 11) is 1.71. The molecule has 0 aliphatic rings. The smallest absolute Gasteiger partial charge is 0.269 e. The van der Waals surface area contributed by atoms with Crippen LogP contribution in [0, 0.1) is 10.1 Å². The number of nitro groups is 1. The monoisotopic (exact) mass is 288 g/mol. The Balaban J connectivity index is 2.02. The van der Waals surface area contributed by atoms with Gasteiger partial charge < -0.3 is 9.32 Å². The van der Waals surface area contributed by atoms with Crippen LogP contribution in [0.5, 0.6) is 0 Å². The first-order chi connectivity index (χ1) is 9.99. The number of non-ortho nitro benzene ring substituents is 1. The topological polar surface area (TPSA) is 76.6 Å². The summed E-state index contributed by atoms with van der Waals surface area (Å²) >= 11 is 0. The number of rotatable bonds is 5. The maximum atomic E-state index is 12.2. The fourth-order valence-electron chi connectivity index (χ4n) is 1.97. The molecule has 0 saturated heterocycles. The number of nitro benzene ring substituents is 1. The molecule has 2 rings (SSSR count). The molecule has 0 spiro atoms. The van der Waals surface area contributed by atoms with Gasteiger partial charge in [-0.05, 0) is 24.6 Å². The van der Waals surface area contributed by atoms with Crippen LogP contribution in [0.4, 0.5) is 5.69 Å². The first kappa shape index (κ1) is 14.8. The van der Waals surface area contributed by atoms with Gasteiger partial charge in [0, 0.05) is 19.2 Å². The Hall–Kier alpha value is -2.63. The lowest BCUT2D eigenvalue weighted by Crippen LogP contribution is -2.30. The fraction of sp³-hybridized carbons (Fsp3) is 0.267. The van der Waals surface area contributed by atoms with Gasteiger partial charge in [0.25, 0.3) is 5.69 Å². The lowest BCUT2D eigenvalue weighted by Gasteiger charge is -2.23. The van der Waals surface area contributed by atoms with Crippen LogP contribution >= 0.6 is 0 Å². The van der Waals surface area contributed by atoms with E-state index in [4.69, 9.17) is 4.42 Å². The predicted molar refractivity (Wildman–Crippen MR) is 76.7 cm³/mol. The van der Waals surface area contributed by atoms with E-state index in [0.29, 0.717) is 0 Å². The highest BCUT2D eigenvalue weighted by molar-refractivity contribution is 5.79. The van der Waals surface area contributed by atoms with Crippen molar-refractivity contribution in [3.05, 3.63) is 64.1 Å². The molecule has 1 unspecified atom stereocenters. The SMILES string of the molecule is CC(c1ccco1)N(C)C(=O)Cc1ccc([N+](=O)[O-])cc1. The second-order valence-corrected chi connectivity index (χ2v) is 4.80. The van der Waals surface area contributed by atoms with E-state index < -0.39 is 4.92 Å². The molecule has 1 heterocycles. The highest BCUT2D eigenvalue weighted by Gasteiger charge is 2.19. The molecule has 1 aromatic carbocycles. The summed E-state index contributed by atoms with van der Waals surface area (Å²) in [5, 5.41) is 10.6. The van der Waals surface area contributed by atoms with E-state index in [-0.39, 0.29) is 24.1 Å². The predicted octanol–water partition coefficient (Wildman–Crippen LogP) is 2.95. The minimum atomic E-state index is -0.462. The Morgan fingerprint density at radius 2 is 2.00 bits per heavy atom. The van der Waals surface area contributed by atoms with Crippen LogP contribution in [0.25, 0.3) is 0 Å². The zero-order chi connectivity index (χ0) is 15.4. The summed E-state index contributed by atoms with van der Waals surface area (Å²) in [6.45, 7) is 1.88. The van der Waals surface area contributed by atoms with E-state index in [2.05, 4.69) is 0 Å². The van der Waals surface area contributed by atoms with Crippen molar-refractivity contribution in [1.29, 1.82) is 0 Å². The van der Waals surface area contributed by atoms with E-state index in [1.807, 2.05) is 13.0 Å². The van der Waals surface area contributed by atoms with E-state index in [0.717, 1.165) is 11.3 Å². The van der Waals surface area contributed by atoms with Gasteiger partial charge in [-0.25, -0.2) is 0 Å². The molecule has 1 atom stereocenters. The summed E-state index contributed by atoms with van der Waals surface area (Å²) in [4.78, 5) is 23.9. The van der Waals surface area contributed by atoms with Crippen molar-refractivity contribution in [3.8, 4) is 0 Å². The number of carbonyl (C=O) groups excluding carboxylic acids is 1. The highest BCUT2D eigenvalue weighted by Crippen LogP contribution is 2.20. The average Bonchev–Trinajstić information content (AvgIpc) is 3.00. The molecule has 0 aliphatic carbocycles. The molecule has 110 valence electrons. The van der Waals surface area contributed by atoms with Crippen molar-refractivity contribution < 1.29 is 14.1 Å². The van der Waals surface area contributed by atoms with Crippen LogP contribution in [0.15, 0.2) is 47.1 Å². The van der Waals surface area contributed by atoms with Gasteiger partial charge in [0.2, 0.25) is 5.91 Å². The summed E-state index contributed by atoms with van der Waals surface area (Å²) < 4.78 is 5.29. The van der Waals surface area contributed by atoms with Crippen LogP contribution in [0.2, 0.25) is 0 Å². The van der Waals surface area contributed by atoms with Gasteiger partial charge >= 0.3 is 0 Å². The largest absolute Gasteiger partial charge is 0.467 e. The van der Waals surface area contributed by atoms with Gasteiger partial charge in [-0.2, -0.15) is 0 Å². The lowest BCUT2D eigenvalue weighted by molar-refractivity contribution is -0.384. The Bertz CT molecular complexity index is 620. The van der Waals surface area contributed by atoms with Gasteiger partial charge in [-0.1, -0.05) is 12.1 Å². The van der Waals surface area contributed by atoms with Gasteiger partial charge in [0.05, 0.1) is 23.6 Å². The fourth-order valence-corrected chi connectivity index (χ4v) is 1.97. The molecular weight excluding hydrogens is 272 g/mol. The highest BCUT2D eigenvalue weighted by atomic mass is 16.6. The minimum absolute atomic E-state index is 0.0171. The molecule has 0 aliphatic heterocycles. The maximum Gasteiger partial charge on any atom is 0.269 e. The molecular formula is C15H16N2O4. The Labute approximate surface area is 122 Å². The van der Waals surface area contributed by atoms with Crippen molar-refractivity contribution in [2.75, 3.05) is 7.05 Å². The molecule has 2 aromatic rings. The van der Waals surface area contributed by atoms with Crippen molar-refractivity contribution >= 4 is 11.6 Å². The molecule has 0 radical (unpaired) electrons. The second-order valence-electron chi connectivity index (χ2n) is 4.80.